The van der Waals surface area contributed by atoms with Crippen LogP contribution in [0.15, 0.2) is 24.3 Å². The molecule has 136 valence electrons. The van der Waals surface area contributed by atoms with Gasteiger partial charge in [0.2, 0.25) is 0 Å². The molecule has 1 aliphatic heterocycles. The minimum absolute atomic E-state index is 0. The number of amides is 1. The second kappa shape index (κ2) is 8.80. The highest BCUT2D eigenvalue weighted by Crippen LogP contribution is 2.15. The summed E-state index contributed by atoms with van der Waals surface area (Å²) in [6.45, 7) is 1.49. The number of hydrogen-bond acceptors (Lipinski definition) is 5. The number of fused-ring (bicyclic) bond motifs is 1. The number of halogens is 2. The molecule has 2 heterocycles. The van der Waals surface area contributed by atoms with Gasteiger partial charge in [-0.3, -0.25) is 9.89 Å². The van der Waals surface area contributed by atoms with E-state index in [1.54, 1.807) is 0 Å². The highest BCUT2D eigenvalue weighted by molar-refractivity contribution is 5.94. The average Bonchev–Trinajstić information content (AvgIpc) is 3.03. The molecule has 0 spiro atoms. The number of benzene rings is 1. The smallest absolute Gasteiger partial charge is 0.272 e. The third kappa shape index (κ3) is 4.91. The molecule has 1 aliphatic rings. The van der Waals surface area contributed by atoms with Gasteiger partial charge in [0, 0.05) is 37.3 Å². The molecule has 4 N–H and O–H groups in total. The second-order valence-electron chi connectivity index (χ2n) is 5.58. The van der Waals surface area contributed by atoms with E-state index in [-0.39, 0.29) is 37.3 Å². The SMILES string of the molecule is Cl.O=C(NCC(O)COc1ccc(F)cc1)c1n[nH]c2c1CNCC2. The van der Waals surface area contributed by atoms with Gasteiger partial charge < -0.3 is 20.5 Å². The van der Waals surface area contributed by atoms with E-state index in [1.807, 2.05) is 0 Å². The second-order valence-corrected chi connectivity index (χ2v) is 5.58. The Balaban J connectivity index is 0.00000225. The Bertz CT molecular complexity index is 708. The Labute approximate surface area is 150 Å². The first-order chi connectivity index (χ1) is 11.6. The minimum atomic E-state index is -0.883. The molecular weight excluding hydrogens is 351 g/mol. The standard InChI is InChI=1S/C16H19FN4O3.ClH/c17-10-1-3-12(4-2-10)24-9-11(22)7-19-16(23)15-13-8-18-6-5-14(13)20-21-15;/h1-4,11,18,22H,5-9H2,(H,19,23)(H,20,21);1H. The van der Waals surface area contributed by atoms with Crippen LogP contribution in [0.3, 0.4) is 0 Å². The molecule has 1 aromatic heterocycles. The number of aliphatic hydroxyl groups is 1. The first-order valence-electron chi connectivity index (χ1n) is 7.75. The first-order valence-corrected chi connectivity index (χ1v) is 7.75. The van der Waals surface area contributed by atoms with Crippen molar-refractivity contribution in [1.29, 1.82) is 0 Å². The Morgan fingerprint density at radius 2 is 2.16 bits per heavy atom. The summed E-state index contributed by atoms with van der Waals surface area (Å²) in [5.74, 6) is -0.238. The van der Waals surface area contributed by atoms with Crippen LogP contribution >= 0.6 is 12.4 Å². The summed E-state index contributed by atoms with van der Waals surface area (Å²) in [6.07, 6.45) is -0.0732. The van der Waals surface area contributed by atoms with Gasteiger partial charge in [-0.15, -0.1) is 12.4 Å². The largest absolute Gasteiger partial charge is 0.491 e. The molecule has 0 radical (unpaired) electrons. The monoisotopic (exact) mass is 370 g/mol. The van der Waals surface area contributed by atoms with Crippen LogP contribution < -0.4 is 15.4 Å². The molecule has 0 aliphatic carbocycles. The minimum Gasteiger partial charge on any atom is -0.491 e. The van der Waals surface area contributed by atoms with Crippen molar-refractivity contribution in [2.45, 2.75) is 19.1 Å². The normalized spacial score (nSPS) is 14.2. The summed E-state index contributed by atoms with van der Waals surface area (Å²) in [5.41, 5.74) is 2.19. The lowest BCUT2D eigenvalue weighted by Crippen LogP contribution is -2.36. The molecule has 25 heavy (non-hydrogen) atoms. The Morgan fingerprint density at radius 1 is 1.40 bits per heavy atom. The van der Waals surface area contributed by atoms with Gasteiger partial charge in [0.15, 0.2) is 5.69 Å². The van der Waals surface area contributed by atoms with Crippen LogP contribution in [-0.2, 0) is 13.0 Å². The Morgan fingerprint density at radius 3 is 2.92 bits per heavy atom. The number of H-pyrrole nitrogens is 1. The van der Waals surface area contributed by atoms with Crippen LogP contribution in [0, 0.1) is 5.82 Å². The topological polar surface area (TPSA) is 99.3 Å². The summed E-state index contributed by atoms with van der Waals surface area (Å²) in [4.78, 5) is 12.2. The quantitative estimate of drug-likeness (QED) is 0.602. The van der Waals surface area contributed by atoms with E-state index in [9.17, 15) is 14.3 Å². The number of rotatable bonds is 6. The molecule has 1 atom stereocenters. The van der Waals surface area contributed by atoms with Crippen molar-refractivity contribution in [3.05, 3.63) is 47.0 Å². The lowest BCUT2D eigenvalue weighted by molar-refractivity contribution is 0.0838. The number of nitrogens with zero attached hydrogens (tertiary/aromatic N) is 1. The highest BCUT2D eigenvalue weighted by atomic mass is 35.5. The molecule has 3 rings (SSSR count). The number of aromatic nitrogens is 2. The van der Waals surface area contributed by atoms with E-state index in [4.69, 9.17) is 4.74 Å². The third-order valence-electron chi connectivity index (χ3n) is 3.78. The number of carbonyl (C=O) groups excluding carboxylic acids is 1. The van der Waals surface area contributed by atoms with Gasteiger partial charge in [-0.2, -0.15) is 5.10 Å². The van der Waals surface area contributed by atoms with Crippen molar-refractivity contribution in [2.24, 2.45) is 0 Å². The molecule has 0 fully saturated rings. The highest BCUT2D eigenvalue weighted by Gasteiger charge is 2.21. The number of carbonyl (C=O) groups is 1. The summed E-state index contributed by atoms with van der Waals surface area (Å²) in [7, 11) is 0. The average molecular weight is 371 g/mol. The van der Waals surface area contributed by atoms with Crippen LogP contribution in [0.5, 0.6) is 5.75 Å². The van der Waals surface area contributed by atoms with E-state index >= 15 is 0 Å². The zero-order valence-electron chi connectivity index (χ0n) is 13.4. The number of nitrogens with one attached hydrogen (secondary N) is 3. The van der Waals surface area contributed by atoms with Crippen molar-refractivity contribution in [3.63, 3.8) is 0 Å². The number of aromatic amines is 1. The molecule has 1 unspecified atom stereocenters. The van der Waals surface area contributed by atoms with E-state index < -0.39 is 6.10 Å². The number of ether oxygens (including phenoxy) is 1. The van der Waals surface area contributed by atoms with Crippen molar-refractivity contribution >= 4 is 18.3 Å². The lowest BCUT2D eigenvalue weighted by Gasteiger charge is -2.14. The maximum absolute atomic E-state index is 12.8. The van der Waals surface area contributed by atoms with Gasteiger partial charge in [0.1, 0.15) is 24.3 Å². The van der Waals surface area contributed by atoms with Crippen molar-refractivity contribution in [1.82, 2.24) is 20.8 Å². The summed E-state index contributed by atoms with van der Waals surface area (Å²) in [5, 5.41) is 22.7. The van der Waals surface area contributed by atoms with Crippen LogP contribution in [0.4, 0.5) is 4.39 Å². The van der Waals surface area contributed by atoms with Gasteiger partial charge in [-0.1, -0.05) is 0 Å². The predicted molar refractivity (Wildman–Crippen MR) is 91.5 cm³/mol. The van der Waals surface area contributed by atoms with Crippen LogP contribution in [0.1, 0.15) is 21.7 Å². The summed E-state index contributed by atoms with van der Waals surface area (Å²) >= 11 is 0. The van der Waals surface area contributed by atoms with Crippen molar-refractivity contribution < 1.29 is 19.0 Å². The van der Waals surface area contributed by atoms with Gasteiger partial charge in [-0.05, 0) is 24.3 Å². The fourth-order valence-electron chi connectivity index (χ4n) is 2.49. The molecule has 7 nitrogen and oxygen atoms in total. The maximum atomic E-state index is 12.8. The van der Waals surface area contributed by atoms with E-state index in [2.05, 4.69) is 20.8 Å². The fourth-order valence-corrected chi connectivity index (χ4v) is 2.49. The lowest BCUT2D eigenvalue weighted by atomic mass is 10.1. The molecule has 2 aromatic rings. The van der Waals surface area contributed by atoms with Crippen LogP contribution in [-0.4, -0.2) is 47.0 Å². The van der Waals surface area contributed by atoms with Gasteiger partial charge >= 0.3 is 0 Å². The molecule has 1 amide bonds. The number of hydrogen-bond donors (Lipinski definition) is 4. The van der Waals surface area contributed by atoms with Crippen molar-refractivity contribution in [2.75, 3.05) is 19.7 Å². The zero-order chi connectivity index (χ0) is 16.9. The third-order valence-corrected chi connectivity index (χ3v) is 3.78. The molecule has 0 bridgehead atoms. The van der Waals surface area contributed by atoms with Gasteiger partial charge in [0.25, 0.3) is 5.91 Å². The van der Waals surface area contributed by atoms with E-state index in [1.165, 1.54) is 24.3 Å². The van der Waals surface area contributed by atoms with Crippen LogP contribution in [0.25, 0.3) is 0 Å². The Kier molecular flexibility index (Phi) is 6.74. The first kappa shape index (κ1) is 19.2. The summed E-state index contributed by atoms with van der Waals surface area (Å²) in [6, 6.07) is 5.50. The fraction of sp³-hybridized carbons (Fsp3) is 0.375. The molecule has 0 saturated carbocycles. The zero-order valence-corrected chi connectivity index (χ0v) is 14.2. The molecule has 0 saturated heterocycles. The maximum Gasteiger partial charge on any atom is 0.272 e. The van der Waals surface area contributed by atoms with Crippen LogP contribution in [0.2, 0.25) is 0 Å². The predicted octanol–water partition coefficient (Wildman–Crippen LogP) is 0.786. The molecule has 1 aromatic carbocycles. The van der Waals surface area contributed by atoms with Gasteiger partial charge in [-0.25, -0.2) is 4.39 Å². The van der Waals surface area contributed by atoms with E-state index in [0.29, 0.717) is 18.0 Å². The molecule has 9 heteroatoms. The van der Waals surface area contributed by atoms with E-state index in [0.717, 1.165) is 24.2 Å². The summed E-state index contributed by atoms with van der Waals surface area (Å²) < 4.78 is 18.1. The van der Waals surface area contributed by atoms with Crippen molar-refractivity contribution in [3.8, 4) is 5.75 Å². The Hall–Kier alpha value is -2.16. The molecular formula is C16H20ClFN4O3. The van der Waals surface area contributed by atoms with Gasteiger partial charge in [0.05, 0.1) is 0 Å². The number of aliphatic hydroxyl groups excluding tert-OH is 1.